The fourth-order valence-electron chi connectivity index (χ4n) is 6.51. The van der Waals surface area contributed by atoms with E-state index in [4.69, 9.17) is 23.9 Å². The molecule has 19 heteroatoms. The molecule has 1 aromatic heterocycles. The Morgan fingerprint density at radius 2 is 1.46 bits per heavy atom. The van der Waals surface area contributed by atoms with E-state index in [9.17, 15) is 24.0 Å². The van der Waals surface area contributed by atoms with Crippen LogP contribution in [0.4, 0.5) is 10.6 Å². The quantitative estimate of drug-likeness (QED) is 0.0806. The summed E-state index contributed by atoms with van der Waals surface area (Å²) >= 11 is 0. The molecule has 3 heterocycles. The number of amides is 3. The average molecular weight is 817 g/mol. The van der Waals surface area contributed by atoms with Crippen molar-refractivity contribution < 1.29 is 47.5 Å². The Balaban J connectivity index is 1.72. The smallest absolute Gasteiger partial charge is 0.409 e. The molecule has 3 amide bonds. The molecule has 2 fully saturated rings. The third kappa shape index (κ3) is 12.4. The van der Waals surface area contributed by atoms with E-state index >= 15 is 4.57 Å². The first-order chi connectivity index (χ1) is 27.4. The van der Waals surface area contributed by atoms with E-state index in [-0.39, 0.29) is 63.2 Å². The van der Waals surface area contributed by atoms with Gasteiger partial charge in [-0.15, -0.1) is 0 Å². The van der Waals surface area contributed by atoms with Gasteiger partial charge in [-0.05, 0) is 25.7 Å². The summed E-state index contributed by atoms with van der Waals surface area (Å²) in [5, 5.41) is 8.46. The van der Waals surface area contributed by atoms with E-state index in [1.54, 1.807) is 21.0 Å². The van der Waals surface area contributed by atoms with Crippen LogP contribution < -0.4 is 20.4 Å². The molecular formula is C38H57N8O10P. The highest BCUT2D eigenvalue weighted by Crippen LogP contribution is 2.40. The third-order valence-electron chi connectivity index (χ3n) is 9.91. The molecule has 2 aliphatic heterocycles. The van der Waals surface area contributed by atoms with Crippen LogP contribution in [0.1, 0.15) is 63.4 Å². The monoisotopic (exact) mass is 816 g/mol. The number of piperazine rings is 1. The molecule has 0 saturated carbocycles. The molecule has 57 heavy (non-hydrogen) atoms. The van der Waals surface area contributed by atoms with Crippen LogP contribution in [0.3, 0.4) is 0 Å². The van der Waals surface area contributed by atoms with Crippen LogP contribution in [-0.4, -0.2) is 147 Å². The molecule has 2 aliphatic rings. The van der Waals surface area contributed by atoms with Gasteiger partial charge in [0.1, 0.15) is 29.6 Å². The summed E-state index contributed by atoms with van der Waals surface area (Å²) in [7, 11) is -0.124. The number of carbonyl (C=O) groups excluding carboxylic acids is 5. The highest BCUT2D eigenvalue weighted by atomic mass is 31.2. The van der Waals surface area contributed by atoms with Crippen LogP contribution in [-0.2, 0) is 37.9 Å². The van der Waals surface area contributed by atoms with E-state index in [1.165, 1.54) is 30.1 Å². The number of rotatable bonds is 19. The summed E-state index contributed by atoms with van der Waals surface area (Å²) in [5.74, 6) is -1.99. The summed E-state index contributed by atoms with van der Waals surface area (Å²) in [5.41, 5.74) is 0.615. The van der Waals surface area contributed by atoms with Crippen molar-refractivity contribution in [2.75, 3.05) is 78.3 Å². The van der Waals surface area contributed by atoms with Crippen molar-refractivity contribution in [3.63, 3.8) is 0 Å². The van der Waals surface area contributed by atoms with E-state index in [0.717, 1.165) is 19.3 Å². The first-order valence-corrected chi connectivity index (χ1v) is 21.3. The molecule has 314 valence electrons. The van der Waals surface area contributed by atoms with Crippen molar-refractivity contribution in [1.82, 2.24) is 35.3 Å². The SMILES string of the molecule is CCCCOC(=O)N1CCN(C(=O)[C@H](CP(=O)(N[C@@H](CC)C(=O)OC)N[C@@H](CC)C(=O)OC)NC(=O)c2cc(N3CC[C@H](OC)C3)nc(-c3ccccc3)n2)CC1. The van der Waals surface area contributed by atoms with E-state index in [1.807, 2.05) is 42.2 Å². The molecular weight excluding hydrogens is 759 g/mol. The maximum atomic E-state index is 15.0. The van der Waals surface area contributed by atoms with Crippen molar-refractivity contribution >= 4 is 43.1 Å². The summed E-state index contributed by atoms with van der Waals surface area (Å²) in [6, 6.07) is 7.02. The molecule has 0 spiro atoms. The average Bonchev–Trinajstić information content (AvgIpc) is 3.74. The maximum absolute atomic E-state index is 15.0. The Kier molecular flexibility index (Phi) is 17.2. The van der Waals surface area contributed by atoms with Gasteiger partial charge in [0.15, 0.2) is 5.82 Å². The molecule has 2 aromatic rings. The molecule has 0 unspecified atom stereocenters. The minimum atomic E-state index is -4.15. The van der Waals surface area contributed by atoms with Gasteiger partial charge in [-0.3, -0.25) is 23.7 Å². The van der Waals surface area contributed by atoms with Gasteiger partial charge in [0.05, 0.1) is 33.1 Å². The summed E-state index contributed by atoms with van der Waals surface area (Å²) in [4.78, 5) is 81.4. The van der Waals surface area contributed by atoms with Crippen LogP contribution >= 0.6 is 7.44 Å². The van der Waals surface area contributed by atoms with Crippen LogP contribution in [0.25, 0.3) is 11.4 Å². The van der Waals surface area contributed by atoms with E-state index < -0.39 is 61.6 Å². The largest absolute Gasteiger partial charge is 0.468 e. The lowest BCUT2D eigenvalue weighted by Crippen LogP contribution is -2.58. The third-order valence-corrected chi connectivity index (χ3v) is 12.2. The van der Waals surface area contributed by atoms with Crippen LogP contribution in [0.2, 0.25) is 0 Å². The van der Waals surface area contributed by atoms with Crippen LogP contribution in [0.15, 0.2) is 36.4 Å². The highest BCUT2D eigenvalue weighted by Gasteiger charge is 2.40. The van der Waals surface area contributed by atoms with Gasteiger partial charge in [0.2, 0.25) is 13.4 Å². The van der Waals surface area contributed by atoms with Gasteiger partial charge >= 0.3 is 18.0 Å². The van der Waals surface area contributed by atoms with E-state index in [0.29, 0.717) is 24.5 Å². The highest BCUT2D eigenvalue weighted by molar-refractivity contribution is 7.60. The second kappa shape index (κ2) is 21.8. The number of unbranched alkanes of at least 4 members (excludes halogenated alkanes) is 1. The fourth-order valence-corrected chi connectivity index (χ4v) is 9.14. The second-order valence-electron chi connectivity index (χ2n) is 13.8. The van der Waals surface area contributed by atoms with Gasteiger partial charge in [-0.1, -0.05) is 57.5 Å². The molecule has 2 saturated heterocycles. The molecule has 0 bridgehead atoms. The van der Waals surface area contributed by atoms with Gasteiger partial charge in [-0.25, -0.2) is 24.9 Å². The topological polar surface area (TPSA) is 211 Å². The van der Waals surface area contributed by atoms with E-state index in [2.05, 4.69) is 20.5 Å². The Morgan fingerprint density at radius 1 is 0.842 bits per heavy atom. The molecule has 3 N–H and O–H groups in total. The number of methoxy groups -OCH3 is 3. The zero-order chi connectivity index (χ0) is 41.5. The number of hydrogen-bond acceptors (Lipinski definition) is 13. The summed E-state index contributed by atoms with van der Waals surface area (Å²) in [6.45, 7) is 7.34. The number of hydrogen-bond donors (Lipinski definition) is 3. The minimum Gasteiger partial charge on any atom is -0.468 e. The normalized spacial score (nSPS) is 17.4. The van der Waals surface area contributed by atoms with Crippen LogP contribution in [0, 0.1) is 0 Å². The molecule has 1 aromatic carbocycles. The summed E-state index contributed by atoms with van der Waals surface area (Å²) in [6.07, 6.45) is 1.58. The van der Waals surface area contributed by atoms with Crippen molar-refractivity contribution in [2.24, 2.45) is 0 Å². The lowest BCUT2D eigenvalue weighted by atomic mass is 10.2. The number of benzene rings is 1. The number of anilines is 1. The van der Waals surface area contributed by atoms with Gasteiger partial charge in [-0.2, -0.15) is 0 Å². The molecule has 0 radical (unpaired) electrons. The zero-order valence-corrected chi connectivity index (χ0v) is 34.6. The number of nitrogens with zero attached hydrogens (tertiary/aromatic N) is 5. The molecule has 18 nitrogen and oxygen atoms in total. The number of nitrogens with one attached hydrogen (secondary N) is 3. The summed E-state index contributed by atoms with van der Waals surface area (Å²) < 4.78 is 35.8. The van der Waals surface area contributed by atoms with Crippen molar-refractivity contribution in [3.05, 3.63) is 42.1 Å². The molecule has 4 rings (SSSR count). The Morgan fingerprint density at radius 3 is 2.00 bits per heavy atom. The van der Waals surface area contributed by atoms with Gasteiger partial charge in [0, 0.05) is 58.0 Å². The lowest BCUT2D eigenvalue weighted by molar-refractivity contribution is -0.143. The van der Waals surface area contributed by atoms with Crippen molar-refractivity contribution in [3.8, 4) is 11.4 Å². The lowest BCUT2D eigenvalue weighted by Gasteiger charge is -2.37. The molecule has 4 atom stereocenters. The van der Waals surface area contributed by atoms with Crippen LogP contribution in [0.5, 0.6) is 0 Å². The first-order valence-electron chi connectivity index (χ1n) is 19.4. The van der Waals surface area contributed by atoms with Gasteiger partial charge < -0.3 is 39.0 Å². The number of ether oxygens (including phenoxy) is 4. The minimum absolute atomic E-state index is 0.0268. The standard InChI is InChI=1S/C38H57N8O10P/c1-7-10-22-56-38(51)45-20-18-44(19-21-45)35(48)31(25-57(52,42-28(8-2)36(49)54-5)43-29(9-3)37(50)55-6)40-34(47)30-23-32(46-17-16-27(24-46)53-4)41-33(39-30)26-14-12-11-13-15-26/h11-15,23,27-29,31H,7-10,16-22,24-25H2,1-6H3,(H,40,47)(H2,42,43,52)/t27-,28-,29-,31-/m0/s1. The number of aromatic nitrogens is 2. The number of carbonyl (C=O) groups is 5. The first kappa shape index (κ1) is 45.1. The van der Waals surface area contributed by atoms with Gasteiger partial charge in [0.25, 0.3) is 5.91 Å². The van der Waals surface area contributed by atoms with Crippen molar-refractivity contribution in [1.29, 1.82) is 0 Å². The fraction of sp³-hybridized carbons (Fsp3) is 0.605. The molecule has 0 aliphatic carbocycles. The second-order valence-corrected chi connectivity index (χ2v) is 16.2. The Labute approximate surface area is 334 Å². The number of esters is 2. The predicted octanol–water partition coefficient (Wildman–Crippen LogP) is 2.82. The Hall–Kier alpha value is -4.64. The Bertz CT molecular complexity index is 1700. The maximum Gasteiger partial charge on any atom is 0.409 e. The zero-order valence-electron chi connectivity index (χ0n) is 33.7. The van der Waals surface area contributed by atoms with Crippen molar-refractivity contribution in [2.45, 2.75) is 77.1 Å². The predicted molar refractivity (Wildman–Crippen MR) is 212 cm³/mol.